The van der Waals surface area contributed by atoms with Crippen LogP contribution in [0.15, 0.2) is 11.8 Å². The summed E-state index contributed by atoms with van der Waals surface area (Å²) in [5.41, 5.74) is -3.50. The van der Waals surface area contributed by atoms with Crippen LogP contribution in [0.4, 0.5) is 17.6 Å². The van der Waals surface area contributed by atoms with Crippen molar-refractivity contribution in [2.45, 2.75) is 49.5 Å². The molecular weight excluding hydrogens is 460 g/mol. The predicted molar refractivity (Wildman–Crippen MR) is 113 cm³/mol. The number of hydrogen-bond donors (Lipinski definition) is 0. The summed E-state index contributed by atoms with van der Waals surface area (Å²) in [6.45, 7) is 6.35. The molecule has 6 nitrogen and oxygen atoms in total. The summed E-state index contributed by atoms with van der Waals surface area (Å²) in [4.78, 5) is 0. The Morgan fingerprint density at radius 3 is 1.83 bits per heavy atom. The Labute approximate surface area is 181 Å². The van der Waals surface area contributed by atoms with Crippen LogP contribution >= 0.6 is 0 Å². The second kappa shape index (κ2) is 12.8. The van der Waals surface area contributed by atoms with Crippen molar-refractivity contribution in [2.75, 3.05) is 48.8 Å². The van der Waals surface area contributed by atoms with Gasteiger partial charge in [-0.25, -0.2) is 4.39 Å². The van der Waals surface area contributed by atoms with Crippen molar-refractivity contribution in [1.82, 2.24) is 0 Å². The first-order valence-corrected chi connectivity index (χ1v) is 15.8. The lowest BCUT2D eigenvalue weighted by Gasteiger charge is -2.39. The molecule has 0 amide bonds. The van der Waals surface area contributed by atoms with Gasteiger partial charge in [0.1, 0.15) is 0 Å². The molecule has 0 aromatic carbocycles. The highest BCUT2D eigenvalue weighted by Crippen LogP contribution is 2.45. The van der Waals surface area contributed by atoms with E-state index in [0.29, 0.717) is 25.6 Å². The van der Waals surface area contributed by atoms with Crippen LogP contribution < -0.4 is 0 Å². The van der Waals surface area contributed by atoms with Gasteiger partial charge in [0.05, 0.1) is 21.3 Å². The van der Waals surface area contributed by atoms with E-state index in [2.05, 4.69) is 6.58 Å². The molecule has 1 radical (unpaired) electrons. The lowest BCUT2D eigenvalue weighted by Crippen LogP contribution is -2.52. The molecule has 0 aliphatic heterocycles. The Morgan fingerprint density at radius 1 is 0.900 bits per heavy atom. The molecular formula is C17H35F4O6Si3. The molecule has 0 aliphatic rings. The first kappa shape index (κ1) is 29.9. The molecule has 179 valence electrons. The van der Waals surface area contributed by atoms with Gasteiger partial charge in [0.2, 0.25) is 5.67 Å². The number of methoxy groups -OCH3 is 1. The van der Waals surface area contributed by atoms with E-state index in [0.717, 1.165) is 0 Å². The molecule has 2 unspecified atom stereocenters. The summed E-state index contributed by atoms with van der Waals surface area (Å²) < 4.78 is 87.4. The fraction of sp³-hybridized carbons (Fsp3) is 0.882. The summed E-state index contributed by atoms with van der Waals surface area (Å²) in [7, 11) is -0.510. The van der Waals surface area contributed by atoms with Crippen molar-refractivity contribution in [1.29, 1.82) is 0 Å². The Kier molecular flexibility index (Phi) is 12.7. The third-order valence-electron chi connectivity index (χ3n) is 5.38. The zero-order valence-electron chi connectivity index (χ0n) is 18.9. The van der Waals surface area contributed by atoms with E-state index in [4.69, 9.17) is 26.9 Å². The number of hydrogen-bond acceptors (Lipinski definition) is 6. The van der Waals surface area contributed by atoms with Gasteiger partial charge in [-0.15, -0.1) is 6.58 Å². The van der Waals surface area contributed by atoms with Crippen molar-refractivity contribution >= 4 is 26.2 Å². The molecule has 0 bridgehead atoms. The molecule has 0 aromatic rings. The van der Waals surface area contributed by atoms with Gasteiger partial charge in [0.15, 0.2) is 0 Å². The van der Waals surface area contributed by atoms with Gasteiger partial charge in [-0.1, -0.05) is 12.6 Å². The number of alkyl halides is 4. The third kappa shape index (κ3) is 8.09. The number of ether oxygens (including phenoxy) is 1. The van der Waals surface area contributed by atoms with E-state index >= 15 is 0 Å². The molecule has 30 heavy (non-hydrogen) atoms. The SMILES string of the molecule is C=C(C(C)(F)C(F)(F)F)[Si](C)(CC[Si](OC)OC)CC[Si](OC)(OC)OCCOC. The van der Waals surface area contributed by atoms with Gasteiger partial charge in [0.25, 0.3) is 0 Å². The van der Waals surface area contributed by atoms with Gasteiger partial charge in [-0.3, -0.25) is 0 Å². The average Bonchev–Trinajstić information content (AvgIpc) is 2.70. The lowest BCUT2D eigenvalue weighted by molar-refractivity contribution is -0.207. The normalized spacial score (nSPS) is 17.1. The molecule has 0 fully saturated rings. The van der Waals surface area contributed by atoms with Gasteiger partial charge in [0, 0.05) is 41.6 Å². The smallest absolute Gasteiger partial charge is 0.397 e. The van der Waals surface area contributed by atoms with Crippen LogP contribution in [0.2, 0.25) is 30.7 Å². The van der Waals surface area contributed by atoms with Crippen LogP contribution in [0.1, 0.15) is 6.92 Å². The Bertz CT molecular complexity index is 516. The zero-order valence-corrected chi connectivity index (χ0v) is 21.9. The summed E-state index contributed by atoms with van der Waals surface area (Å²) in [5.74, 6) is 0. The summed E-state index contributed by atoms with van der Waals surface area (Å²) in [6, 6.07) is 1.23. The minimum atomic E-state index is -5.05. The zero-order chi connectivity index (χ0) is 23.6. The number of halogens is 4. The van der Waals surface area contributed by atoms with Crippen LogP contribution in [0.25, 0.3) is 0 Å². The number of rotatable bonds is 16. The summed E-state index contributed by atoms with van der Waals surface area (Å²) >= 11 is 0. The van der Waals surface area contributed by atoms with Gasteiger partial charge < -0.3 is 26.9 Å². The van der Waals surface area contributed by atoms with Crippen molar-refractivity contribution < 1.29 is 44.4 Å². The van der Waals surface area contributed by atoms with Crippen LogP contribution in [0.5, 0.6) is 0 Å². The van der Waals surface area contributed by atoms with Gasteiger partial charge in [-0.05, 0) is 24.2 Å². The monoisotopic (exact) mass is 495 g/mol. The molecule has 2 atom stereocenters. The first-order chi connectivity index (χ1) is 13.8. The van der Waals surface area contributed by atoms with Gasteiger partial charge in [-0.2, -0.15) is 13.2 Å². The maximum atomic E-state index is 14.9. The standard InChI is InChI=1S/C17H35F4O6Si3/c1-15(16(2,18)17(19,20)21)29(8,12-11-28(23-4)24-5)13-14-30(25-6,26-7)27-10-9-22-3/h1,9-14H2,2-8H3. The highest BCUT2D eigenvalue weighted by atomic mass is 28.4. The molecule has 0 N–H and O–H groups in total. The molecule has 0 saturated carbocycles. The first-order valence-electron chi connectivity index (χ1n) is 9.41. The van der Waals surface area contributed by atoms with Crippen LogP contribution in [-0.4, -0.2) is 86.8 Å². The van der Waals surface area contributed by atoms with E-state index < -0.39 is 43.2 Å². The molecule has 0 spiro atoms. The van der Waals surface area contributed by atoms with E-state index in [1.165, 1.54) is 35.5 Å². The second-order valence-corrected chi connectivity index (χ2v) is 17.0. The largest absolute Gasteiger partial charge is 0.500 e. The predicted octanol–water partition coefficient (Wildman–Crippen LogP) is 4.13. The minimum absolute atomic E-state index is 0.216. The highest BCUT2D eigenvalue weighted by molar-refractivity contribution is 6.87. The highest BCUT2D eigenvalue weighted by Gasteiger charge is 2.58. The lowest BCUT2D eigenvalue weighted by atomic mass is 10.1. The quantitative estimate of drug-likeness (QED) is 0.182. The van der Waals surface area contributed by atoms with E-state index in [9.17, 15) is 17.6 Å². The van der Waals surface area contributed by atoms with Crippen LogP contribution in [-0.2, 0) is 26.9 Å². The van der Waals surface area contributed by atoms with Crippen molar-refractivity contribution in [3.05, 3.63) is 11.8 Å². The van der Waals surface area contributed by atoms with E-state index in [-0.39, 0.29) is 18.7 Å². The summed E-state index contributed by atoms with van der Waals surface area (Å²) in [6.07, 6.45) is -5.05. The fourth-order valence-corrected chi connectivity index (χ4v) is 13.5. The maximum Gasteiger partial charge on any atom is 0.500 e. The van der Waals surface area contributed by atoms with Crippen molar-refractivity contribution in [3.63, 3.8) is 0 Å². The third-order valence-corrected chi connectivity index (χ3v) is 15.3. The molecule has 0 heterocycles. The Hall–Kier alpha value is -0.129. The van der Waals surface area contributed by atoms with Crippen LogP contribution in [0.3, 0.4) is 0 Å². The molecule has 0 rings (SSSR count). The van der Waals surface area contributed by atoms with Gasteiger partial charge >= 0.3 is 24.3 Å². The molecule has 0 aromatic heterocycles. The maximum absolute atomic E-state index is 14.9. The fourth-order valence-electron chi connectivity index (χ4n) is 3.02. The van der Waals surface area contributed by atoms with E-state index in [1.54, 1.807) is 6.55 Å². The minimum Gasteiger partial charge on any atom is -0.397 e. The van der Waals surface area contributed by atoms with Crippen LogP contribution in [0, 0.1) is 0 Å². The Morgan fingerprint density at radius 2 is 1.43 bits per heavy atom. The summed E-state index contributed by atoms with van der Waals surface area (Å²) in [5, 5.41) is -0.414. The molecule has 0 aliphatic carbocycles. The molecule has 0 saturated heterocycles. The van der Waals surface area contributed by atoms with E-state index in [1.807, 2.05) is 0 Å². The second-order valence-electron chi connectivity index (χ2n) is 7.25. The topological polar surface area (TPSA) is 55.4 Å². The number of allylic oxidation sites excluding steroid dienone is 1. The Balaban J connectivity index is 5.74. The molecule has 13 heteroatoms. The van der Waals surface area contributed by atoms with Crippen molar-refractivity contribution in [3.8, 4) is 0 Å². The van der Waals surface area contributed by atoms with Crippen molar-refractivity contribution in [2.24, 2.45) is 0 Å². The average molecular weight is 496 g/mol.